The third-order valence-corrected chi connectivity index (χ3v) is 1.96. The Morgan fingerprint density at radius 3 is 2.23 bits per heavy atom. The molecule has 0 bridgehead atoms. The Balaban J connectivity index is 2.86. The molecule has 0 fully saturated rings. The van der Waals surface area contributed by atoms with Gasteiger partial charge < -0.3 is 0 Å². The zero-order chi connectivity index (χ0) is 9.84. The third kappa shape index (κ3) is 2.50. The van der Waals surface area contributed by atoms with E-state index >= 15 is 0 Å². The van der Waals surface area contributed by atoms with Crippen molar-refractivity contribution in [3.63, 3.8) is 0 Å². The van der Waals surface area contributed by atoms with Crippen LogP contribution in [-0.2, 0) is 0 Å². The first kappa shape index (κ1) is 10.1. The summed E-state index contributed by atoms with van der Waals surface area (Å²) in [6.07, 6.45) is -0.138. The molecule has 13 heavy (non-hydrogen) atoms. The van der Waals surface area contributed by atoms with Gasteiger partial charge in [-0.1, -0.05) is 29.8 Å². The number of hydrogen-bond donors (Lipinski definition) is 3. The molecule has 0 radical (unpaired) electrons. The Hall–Kier alpha value is -0.940. The second-order valence-electron chi connectivity index (χ2n) is 3.15. The Bertz CT molecular complexity index is 255. The van der Waals surface area contributed by atoms with Crippen molar-refractivity contribution in [2.75, 3.05) is 7.05 Å². The average molecular weight is 180 g/mol. The van der Waals surface area contributed by atoms with Crippen LogP contribution in [0.5, 0.6) is 0 Å². The molecule has 4 nitrogen and oxygen atoms in total. The van der Waals surface area contributed by atoms with Crippen LogP contribution >= 0.6 is 0 Å². The van der Waals surface area contributed by atoms with Crippen LogP contribution in [0.1, 0.15) is 17.3 Å². The maximum atomic E-state index is 5.61. The smallest absolute Gasteiger partial charge is 0.111 e. The molecule has 0 aliphatic heterocycles. The molecule has 1 atom stereocenters. The summed E-state index contributed by atoms with van der Waals surface area (Å²) in [4.78, 5) is 0. The number of nitrogens with zero attached hydrogens (tertiary/aromatic N) is 1. The fourth-order valence-corrected chi connectivity index (χ4v) is 1.20. The monoisotopic (exact) mass is 180 g/mol. The lowest BCUT2D eigenvalue weighted by Gasteiger charge is -2.23. The van der Waals surface area contributed by atoms with E-state index in [9.17, 15) is 0 Å². The first-order chi connectivity index (χ1) is 6.15. The van der Waals surface area contributed by atoms with Crippen molar-refractivity contribution in [3.05, 3.63) is 35.4 Å². The van der Waals surface area contributed by atoms with Crippen LogP contribution in [0.25, 0.3) is 0 Å². The molecular weight excluding hydrogens is 164 g/mol. The Kier molecular flexibility index (Phi) is 3.39. The molecule has 0 saturated heterocycles. The summed E-state index contributed by atoms with van der Waals surface area (Å²) in [5, 5.41) is 1.53. The van der Waals surface area contributed by atoms with Crippen LogP contribution in [0.2, 0.25) is 0 Å². The quantitative estimate of drug-likeness (QED) is 0.355. The highest BCUT2D eigenvalue weighted by molar-refractivity contribution is 5.23. The topological polar surface area (TPSA) is 67.3 Å². The van der Waals surface area contributed by atoms with Gasteiger partial charge in [0, 0.05) is 7.05 Å². The van der Waals surface area contributed by atoms with Crippen molar-refractivity contribution in [1.29, 1.82) is 0 Å². The van der Waals surface area contributed by atoms with Crippen LogP contribution in [0.4, 0.5) is 0 Å². The van der Waals surface area contributed by atoms with Crippen molar-refractivity contribution in [2.45, 2.75) is 13.1 Å². The molecule has 1 rings (SSSR count). The maximum Gasteiger partial charge on any atom is 0.111 e. The van der Waals surface area contributed by atoms with Crippen LogP contribution in [-0.4, -0.2) is 12.1 Å². The van der Waals surface area contributed by atoms with Gasteiger partial charge in [0.15, 0.2) is 0 Å². The van der Waals surface area contributed by atoms with E-state index in [4.69, 9.17) is 11.7 Å². The van der Waals surface area contributed by atoms with Gasteiger partial charge in [0.1, 0.15) is 6.17 Å². The minimum Gasteiger partial charge on any atom is -0.270 e. The van der Waals surface area contributed by atoms with E-state index in [0.717, 1.165) is 5.56 Å². The summed E-state index contributed by atoms with van der Waals surface area (Å²) in [5.74, 6) is 11.0. The fraction of sp³-hybridized carbons (Fsp3) is 0.333. The molecule has 0 heterocycles. The number of benzene rings is 1. The number of nitrogens with one attached hydrogen (secondary N) is 1. The van der Waals surface area contributed by atoms with E-state index in [1.807, 2.05) is 31.2 Å². The summed E-state index contributed by atoms with van der Waals surface area (Å²) in [6.45, 7) is 2.04. The van der Waals surface area contributed by atoms with Crippen LogP contribution in [0.15, 0.2) is 24.3 Å². The summed E-state index contributed by atoms with van der Waals surface area (Å²) in [7, 11) is 1.77. The zero-order valence-corrected chi connectivity index (χ0v) is 7.99. The van der Waals surface area contributed by atoms with Crippen LogP contribution < -0.4 is 17.1 Å². The van der Waals surface area contributed by atoms with E-state index < -0.39 is 0 Å². The number of hydrazine groups is 2. The third-order valence-electron chi connectivity index (χ3n) is 1.96. The Morgan fingerprint density at radius 2 is 1.85 bits per heavy atom. The minimum absolute atomic E-state index is 0.138. The normalized spacial score (nSPS) is 13.3. The summed E-state index contributed by atoms with van der Waals surface area (Å²) in [6, 6.07) is 8.07. The highest BCUT2D eigenvalue weighted by Gasteiger charge is 2.10. The van der Waals surface area contributed by atoms with Crippen molar-refractivity contribution < 1.29 is 0 Å². The lowest BCUT2D eigenvalue weighted by atomic mass is 10.1. The molecule has 1 aromatic carbocycles. The SMILES string of the molecule is Cc1ccc(C(NN)N(C)N)cc1. The lowest BCUT2D eigenvalue weighted by molar-refractivity contribution is 0.212. The van der Waals surface area contributed by atoms with E-state index in [-0.39, 0.29) is 6.17 Å². The lowest BCUT2D eigenvalue weighted by Crippen LogP contribution is -2.43. The first-order valence-electron chi connectivity index (χ1n) is 4.15. The van der Waals surface area contributed by atoms with Gasteiger partial charge in [0.25, 0.3) is 0 Å². The summed E-state index contributed by atoms with van der Waals surface area (Å²) < 4.78 is 0. The molecule has 0 amide bonds. The average Bonchev–Trinajstić information content (AvgIpc) is 2.09. The van der Waals surface area contributed by atoms with Crippen LogP contribution in [0, 0.1) is 6.92 Å². The van der Waals surface area contributed by atoms with Crippen molar-refractivity contribution in [2.24, 2.45) is 11.7 Å². The molecule has 1 aromatic rings. The molecule has 0 spiro atoms. The highest BCUT2D eigenvalue weighted by Crippen LogP contribution is 2.13. The van der Waals surface area contributed by atoms with Gasteiger partial charge in [-0.15, -0.1) is 0 Å². The molecule has 0 aliphatic rings. The van der Waals surface area contributed by atoms with Gasteiger partial charge in [-0.3, -0.25) is 11.7 Å². The Labute approximate surface area is 78.5 Å². The molecule has 0 aromatic heterocycles. The fourth-order valence-electron chi connectivity index (χ4n) is 1.20. The number of aryl methyl sites for hydroxylation is 1. The van der Waals surface area contributed by atoms with Gasteiger partial charge in [-0.25, -0.2) is 10.4 Å². The molecule has 72 valence electrons. The molecule has 0 saturated carbocycles. The largest absolute Gasteiger partial charge is 0.270 e. The Morgan fingerprint density at radius 1 is 1.31 bits per heavy atom. The van der Waals surface area contributed by atoms with Gasteiger partial charge in [0.2, 0.25) is 0 Å². The molecule has 0 aliphatic carbocycles. The van der Waals surface area contributed by atoms with E-state index in [1.165, 1.54) is 10.6 Å². The molecular formula is C9H16N4. The van der Waals surface area contributed by atoms with E-state index in [0.29, 0.717) is 0 Å². The summed E-state index contributed by atoms with van der Waals surface area (Å²) in [5.41, 5.74) is 4.91. The van der Waals surface area contributed by atoms with Gasteiger partial charge in [-0.05, 0) is 12.5 Å². The van der Waals surface area contributed by atoms with Gasteiger partial charge in [0.05, 0.1) is 0 Å². The first-order valence-corrected chi connectivity index (χ1v) is 4.15. The minimum atomic E-state index is -0.138. The second kappa shape index (κ2) is 4.34. The van der Waals surface area contributed by atoms with Crippen molar-refractivity contribution in [1.82, 2.24) is 10.4 Å². The van der Waals surface area contributed by atoms with Crippen molar-refractivity contribution >= 4 is 0 Å². The maximum absolute atomic E-state index is 5.61. The number of nitrogens with two attached hydrogens (primary N) is 2. The second-order valence-corrected chi connectivity index (χ2v) is 3.15. The van der Waals surface area contributed by atoms with Crippen LogP contribution in [0.3, 0.4) is 0 Å². The highest BCUT2D eigenvalue weighted by atomic mass is 15.5. The van der Waals surface area contributed by atoms with E-state index in [2.05, 4.69) is 5.43 Å². The van der Waals surface area contributed by atoms with Crippen molar-refractivity contribution in [3.8, 4) is 0 Å². The number of hydrogen-bond acceptors (Lipinski definition) is 4. The molecule has 4 heteroatoms. The van der Waals surface area contributed by atoms with E-state index in [1.54, 1.807) is 7.05 Å². The molecule has 1 unspecified atom stereocenters. The molecule has 5 N–H and O–H groups in total. The number of rotatable bonds is 3. The standard InChI is InChI=1S/C9H16N4/c1-7-3-5-8(6-4-7)9(12-10)13(2)11/h3-6,9,12H,10-11H2,1-2H3. The van der Waals surface area contributed by atoms with Gasteiger partial charge >= 0.3 is 0 Å². The zero-order valence-electron chi connectivity index (χ0n) is 7.99. The predicted octanol–water partition coefficient (Wildman–Crippen LogP) is 0.262. The van der Waals surface area contributed by atoms with Gasteiger partial charge in [-0.2, -0.15) is 0 Å². The predicted molar refractivity (Wildman–Crippen MR) is 53.2 cm³/mol. The summed E-state index contributed by atoms with van der Waals surface area (Å²) >= 11 is 0.